The largest absolute Gasteiger partial charge is 0.352 e. The Kier molecular flexibility index (Phi) is 5.16. The van der Waals surface area contributed by atoms with Crippen molar-refractivity contribution in [2.75, 3.05) is 13.1 Å². The molecule has 0 aliphatic carbocycles. The molecule has 1 aromatic rings. The summed E-state index contributed by atoms with van der Waals surface area (Å²) in [6.45, 7) is 2.65. The Balaban J connectivity index is 1.97. The highest BCUT2D eigenvalue weighted by molar-refractivity contribution is 7.89. The third kappa shape index (κ3) is 3.84. The molecule has 0 aromatic heterocycles. The topological polar surface area (TPSA) is 90.3 Å². The Hall–Kier alpha value is -1.91. The van der Waals surface area contributed by atoms with E-state index in [-0.39, 0.29) is 18.4 Å². The number of carbonyl (C=O) groups excluding carboxylic acids is 1. The number of benzene rings is 1. The highest BCUT2D eigenvalue weighted by atomic mass is 32.2. The number of carbonyl (C=O) groups is 1. The van der Waals surface area contributed by atoms with E-state index in [0.717, 1.165) is 5.56 Å². The fraction of sp³-hybridized carbons (Fsp3) is 0.467. The Morgan fingerprint density at radius 3 is 2.45 bits per heavy atom. The second-order valence-corrected chi connectivity index (χ2v) is 7.33. The van der Waals surface area contributed by atoms with Crippen LogP contribution < -0.4 is 5.32 Å². The normalized spacial score (nSPS) is 16.9. The molecule has 1 amide bonds. The quantitative estimate of drug-likeness (QED) is 0.901. The molecule has 6 nitrogen and oxygen atoms in total. The van der Waals surface area contributed by atoms with Crippen molar-refractivity contribution in [1.82, 2.24) is 9.62 Å². The van der Waals surface area contributed by atoms with Crippen molar-refractivity contribution in [2.24, 2.45) is 0 Å². The second-order valence-electron chi connectivity index (χ2n) is 5.39. The molecular weight excluding hydrogens is 302 g/mol. The van der Waals surface area contributed by atoms with E-state index in [1.807, 2.05) is 6.92 Å². The van der Waals surface area contributed by atoms with Crippen LogP contribution in [0.25, 0.3) is 0 Å². The van der Waals surface area contributed by atoms with Crippen molar-refractivity contribution in [3.8, 4) is 6.07 Å². The summed E-state index contributed by atoms with van der Waals surface area (Å²) in [6.07, 6.45) is 0.951. The summed E-state index contributed by atoms with van der Waals surface area (Å²) >= 11 is 0. The summed E-state index contributed by atoms with van der Waals surface area (Å²) in [5.41, 5.74) is 1.01. The van der Waals surface area contributed by atoms with Gasteiger partial charge >= 0.3 is 0 Å². The molecule has 0 spiro atoms. The molecule has 1 fully saturated rings. The van der Waals surface area contributed by atoms with E-state index in [4.69, 9.17) is 5.26 Å². The maximum absolute atomic E-state index is 12.5. The van der Waals surface area contributed by atoms with Crippen LogP contribution in [0.3, 0.4) is 0 Å². The summed E-state index contributed by atoms with van der Waals surface area (Å²) in [5.74, 6) is -0.303. The zero-order valence-corrected chi connectivity index (χ0v) is 13.3. The molecule has 1 aromatic carbocycles. The van der Waals surface area contributed by atoms with Crippen LogP contribution in [0.4, 0.5) is 0 Å². The van der Waals surface area contributed by atoms with Gasteiger partial charge in [-0.2, -0.15) is 9.57 Å². The van der Waals surface area contributed by atoms with E-state index in [1.54, 1.807) is 30.3 Å². The average Bonchev–Trinajstić information content (AvgIpc) is 2.48. The lowest BCUT2D eigenvalue weighted by Crippen LogP contribution is -2.46. The number of nitrogens with zero attached hydrogens (tertiary/aromatic N) is 2. The van der Waals surface area contributed by atoms with Crippen LogP contribution >= 0.6 is 0 Å². The first kappa shape index (κ1) is 16.5. The van der Waals surface area contributed by atoms with E-state index in [9.17, 15) is 13.2 Å². The minimum atomic E-state index is -3.47. The highest BCUT2D eigenvalue weighted by Crippen LogP contribution is 2.21. The third-order valence-electron chi connectivity index (χ3n) is 3.72. The highest BCUT2D eigenvalue weighted by Gasteiger charge is 2.29. The van der Waals surface area contributed by atoms with Gasteiger partial charge in [-0.05, 0) is 31.9 Å². The van der Waals surface area contributed by atoms with Crippen LogP contribution in [0.15, 0.2) is 29.2 Å². The molecule has 22 heavy (non-hydrogen) atoms. The molecule has 0 radical (unpaired) electrons. The minimum Gasteiger partial charge on any atom is -0.352 e. The summed E-state index contributed by atoms with van der Waals surface area (Å²) in [6, 6.07) is 8.53. The van der Waals surface area contributed by atoms with Crippen molar-refractivity contribution >= 4 is 15.9 Å². The van der Waals surface area contributed by atoms with E-state index in [1.165, 1.54) is 4.31 Å². The van der Waals surface area contributed by atoms with E-state index >= 15 is 0 Å². The maximum atomic E-state index is 12.5. The van der Waals surface area contributed by atoms with E-state index in [0.29, 0.717) is 30.8 Å². The van der Waals surface area contributed by atoms with Gasteiger partial charge in [0.05, 0.1) is 11.0 Å². The van der Waals surface area contributed by atoms with Gasteiger partial charge in [-0.3, -0.25) is 4.79 Å². The van der Waals surface area contributed by atoms with Gasteiger partial charge in [0.25, 0.3) is 0 Å². The van der Waals surface area contributed by atoms with Crippen LogP contribution in [0.1, 0.15) is 24.8 Å². The third-order valence-corrected chi connectivity index (χ3v) is 5.63. The van der Waals surface area contributed by atoms with E-state index < -0.39 is 10.0 Å². The minimum absolute atomic E-state index is 0.0645. The van der Waals surface area contributed by atoms with Crippen molar-refractivity contribution < 1.29 is 13.2 Å². The lowest BCUT2D eigenvalue weighted by atomic mass is 10.1. The Morgan fingerprint density at radius 1 is 1.32 bits per heavy atom. The van der Waals surface area contributed by atoms with Gasteiger partial charge in [-0.15, -0.1) is 0 Å². The first-order valence-corrected chi connectivity index (χ1v) is 8.60. The van der Waals surface area contributed by atoms with Crippen molar-refractivity contribution in [2.45, 2.75) is 37.1 Å². The molecule has 1 saturated heterocycles. The van der Waals surface area contributed by atoms with Crippen LogP contribution in [-0.2, 0) is 14.8 Å². The predicted octanol–water partition coefficient (Wildman–Crippen LogP) is 1.18. The van der Waals surface area contributed by atoms with Crippen molar-refractivity contribution in [1.29, 1.82) is 5.26 Å². The molecule has 1 aliphatic heterocycles. The first-order valence-electron chi connectivity index (χ1n) is 7.16. The fourth-order valence-corrected chi connectivity index (χ4v) is 3.92. The van der Waals surface area contributed by atoms with Gasteiger partial charge in [0.15, 0.2) is 0 Å². The number of hydrogen-bond donors (Lipinski definition) is 1. The lowest BCUT2D eigenvalue weighted by molar-refractivity contribution is -0.121. The number of hydrogen-bond acceptors (Lipinski definition) is 4. The fourth-order valence-electron chi connectivity index (χ4n) is 2.45. The molecule has 1 aliphatic rings. The molecular formula is C15H19N3O3S. The molecule has 7 heteroatoms. The second kappa shape index (κ2) is 6.90. The summed E-state index contributed by atoms with van der Waals surface area (Å²) in [5, 5.41) is 11.2. The van der Waals surface area contributed by atoms with E-state index in [2.05, 4.69) is 5.32 Å². The monoisotopic (exact) mass is 321 g/mol. The van der Waals surface area contributed by atoms with Crippen molar-refractivity contribution in [3.05, 3.63) is 29.8 Å². The lowest BCUT2D eigenvalue weighted by Gasteiger charge is -2.31. The molecule has 0 bridgehead atoms. The molecule has 118 valence electrons. The molecule has 1 heterocycles. The Morgan fingerprint density at radius 2 is 1.91 bits per heavy atom. The number of nitriles is 1. The van der Waals surface area contributed by atoms with Crippen LogP contribution in [0.5, 0.6) is 0 Å². The number of aryl methyl sites for hydroxylation is 1. The number of nitrogens with one attached hydrogen (secondary N) is 1. The number of sulfonamides is 1. The maximum Gasteiger partial charge on any atom is 0.243 e. The molecule has 0 atom stereocenters. The van der Waals surface area contributed by atoms with Gasteiger partial charge in [0, 0.05) is 19.1 Å². The SMILES string of the molecule is Cc1ccc(S(=O)(=O)N2CCC(NC(=O)CC#N)CC2)cc1. The molecule has 1 N–H and O–H groups in total. The molecule has 0 unspecified atom stereocenters. The van der Waals surface area contributed by atoms with Crippen LogP contribution in [-0.4, -0.2) is 37.8 Å². The van der Waals surface area contributed by atoms with Gasteiger partial charge in [-0.25, -0.2) is 8.42 Å². The Labute approximate surface area is 130 Å². The van der Waals surface area contributed by atoms with Gasteiger partial charge in [0.2, 0.25) is 15.9 Å². The molecule has 0 saturated carbocycles. The number of rotatable bonds is 4. The summed E-state index contributed by atoms with van der Waals surface area (Å²) in [4.78, 5) is 11.7. The van der Waals surface area contributed by atoms with Crippen LogP contribution in [0.2, 0.25) is 0 Å². The average molecular weight is 321 g/mol. The zero-order valence-electron chi connectivity index (χ0n) is 12.4. The number of piperidine rings is 1. The Bertz CT molecular complexity index is 669. The van der Waals surface area contributed by atoms with Crippen molar-refractivity contribution in [3.63, 3.8) is 0 Å². The summed E-state index contributed by atoms with van der Waals surface area (Å²) < 4.78 is 26.5. The summed E-state index contributed by atoms with van der Waals surface area (Å²) in [7, 11) is -3.47. The van der Waals surface area contributed by atoms with Gasteiger partial charge in [0.1, 0.15) is 6.42 Å². The first-order chi connectivity index (χ1) is 10.4. The molecule has 2 rings (SSSR count). The van der Waals surface area contributed by atoms with Crippen LogP contribution in [0, 0.1) is 18.3 Å². The zero-order chi connectivity index (χ0) is 16.2. The van der Waals surface area contributed by atoms with Gasteiger partial charge < -0.3 is 5.32 Å². The number of amides is 1. The van der Waals surface area contributed by atoms with Gasteiger partial charge in [-0.1, -0.05) is 17.7 Å². The smallest absolute Gasteiger partial charge is 0.243 e. The predicted molar refractivity (Wildman–Crippen MR) is 81.3 cm³/mol. The standard InChI is InChI=1S/C15H19N3O3S/c1-12-2-4-14(5-3-12)22(20,21)18-10-7-13(8-11-18)17-15(19)6-9-16/h2-5,13H,6-8,10-11H2,1H3,(H,17,19).